The molecular formula is C15H20FN3. The van der Waals surface area contributed by atoms with Crippen molar-refractivity contribution in [1.29, 1.82) is 0 Å². The highest BCUT2D eigenvalue weighted by Gasteiger charge is 2.25. The first kappa shape index (κ1) is 12.6. The standard InChI is InChI=1S/C15H20FN3/c1-19-14-7-3-2-6-13(14)18-15(19)9-12(16)11-5-4-8-17-10-11/h2-3,6-7,11-12,17H,4-5,8-10H2,1H3. The number of hydrogen-bond donors (Lipinski definition) is 1. The van der Waals surface area contributed by atoms with Gasteiger partial charge in [0.05, 0.1) is 11.0 Å². The Balaban J connectivity index is 1.78. The van der Waals surface area contributed by atoms with Gasteiger partial charge in [-0.1, -0.05) is 12.1 Å². The number of piperidine rings is 1. The van der Waals surface area contributed by atoms with E-state index in [0.717, 1.165) is 42.8 Å². The summed E-state index contributed by atoms with van der Waals surface area (Å²) in [6.45, 7) is 1.82. The van der Waals surface area contributed by atoms with Crippen LogP contribution in [0.25, 0.3) is 11.0 Å². The first-order valence-corrected chi connectivity index (χ1v) is 7.01. The van der Waals surface area contributed by atoms with Crippen LogP contribution in [0.5, 0.6) is 0 Å². The van der Waals surface area contributed by atoms with Gasteiger partial charge < -0.3 is 9.88 Å². The molecule has 102 valence electrons. The molecule has 0 saturated carbocycles. The molecule has 1 aromatic heterocycles. The van der Waals surface area contributed by atoms with Gasteiger partial charge in [-0.05, 0) is 31.5 Å². The van der Waals surface area contributed by atoms with Gasteiger partial charge in [0.15, 0.2) is 0 Å². The minimum absolute atomic E-state index is 0.133. The van der Waals surface area contributed by atoms with Gasteiger partial charge in [0.1, 0.15) is 12.0 Å². The number of benzene rings is 1. The van der Waals surface area contributed by atoms with E-state index < -0.39 is 6.17 Å². The van der Waals surface area contributed by atoms with Crippen molar-refractivity contribution in [3.05, 3.63) is 30.1 Å². The molecule has 1 aliphatic rings. The van der Waals surface area contributed by atoms with E-state index in [2.05, 4.69) is 10.3 Å². The number of para-hydroxylation sites is 2. The Morgan fingerprint density at radius 1 is 1.47 bits per heavy atom. The largest absolute Gasteiger partial charge is 0.331 e. The lowest BCUT2D eigenvalue weighted by Gasteiger charge is -2.25. The Bertz CT molecular complexity index is 558. The third kappa shape index (κ3) is 2.50. The molecule has 3 nitrogen and oxygen atoms in total. The maximum Gasteiger partial charge on any atom is 0.112 e. The molecule has 2 atom stereocenters. The fourth-order valence-electron chi connectivity index (χ4n) is 2.91. The second-order valence-electron chi connectivity index (χ2n) is 5.40. The van der Waals surface area contributed by atoms with Crippen LogP contribution < -0.4 is 5.32 Å². The van der Waals surface area contributed by atoms with Crippen molar-refractivity contribution in [2.45, 2.75) is 25.4 Å². The molecule has 0 spiro atoms. The third-order valence-corrected chi connectivity index (χ3v) is 4.10. The first-order chi connectivity index (χ1) is 9.25. The smallest absolute Gasteiger partial charge is 0.112 e. The highest BCUT2D eigenvalue weighted by atomic mass is 19.1. The lowest BCUT2D eigenvalue weighted by molar-refractivity contribution is 0.188. The zero-order chi connectivity index (χ0) is 13.2. The van der Waals surface area contributed by atoms with Gasteiger partial charge in [-0.2, -0.15) is 0 Å². The number of aromatic nitrogens is 2. The highest BCUT2D eigenvalue weighted by Crippen LogP contribution is 2.22. The van der Waals surface area contributed by atoms with E-state index >= 15 is 0 Å². The van der Waals surface area contributed by atoms with E-state index in [9.17, 15) is 4.39 Å². The topological polar surface area (TPSA) is 29.9 Å². The first-order valence-electron chi connectivity index (χ1n) is 7.01. The predicted octanol–water partition coefficient (Wildman–Crippen LogP) is 2.45. The van der Waals surface area contributed by atoms with Gasteiger partial charge in [-0.25, -0.2) is 9.37 Å². The quantitative estimate of drug-likeness (QED) is 0.919. The van der Waals surface area contributed by atoms with Gasteiger partial charge in [-0.3, -0.25) is 0 Å². The molecule has 0 amide bonds. The summed E-state index contributed by atoms with van der Waals surface area (Å²) in [4.78, 5) is 4.55. The number of alkyl halides is 1. The fraction of sp³-hybridized carbons (Fsp3) is 0.533. The Labute approximate surface area is 112 Å². The van der Waals surface area contributed by atoms with E-state index in [1.54, 1.807) is 0 Å². The molecule has 4 heteroatoms. The van der Waals surface area contributed by atoms with Crippen molar-refractivity contribution in [1.82, 2.24) is 14.9 Å². The molecule has 2 aromatic rings. The van der Waals surface area contributed by atoms with Crippen LogP contribution in [0, 0.1) is 5.92 Å². The SMILES string of the molecule is Cn1c(CC(F)C2CCCNC2)nc2ccccc21. The Kier molecular flexibility index (Phi) is 3.51. The Morgan fingerprint density at radius 2 is 2.32 bits per heavy atom. The number of imidazole rings is 1. The Hall–Kier alpha value is -1.42. The van der Waals surface area contributed by atoms with E-state index in [4.69, 9.17) is 0 Å². The fourth-order valence-corrected chi connectivity index (χ4v) is 2.91. The summed E-state index contributed by atoms with van der Waals surface area (Å²) in [5.74, 6) is 0.979. The number of fused-ring (bicyclic) bond motifs is 1. The number of nitrogens with zero attached hydrogens (tertiary/aromatic N) is 2. The van der Waals surface area contributed by atoms with Crippen LogP contribution in [0.3, 0.4) is 0 Å². The molecule has 0 aliphatic carbocycles. The van der Waals surface area contributed by atoms with Gasteiger partial charge in [0.2, 0.25) is 0 Å². The molecular weight excluding hydrogens is 241 g/mol. The van der Waals surface area contributed by atoms with Crippen molar-refractivity contribution < 1.29 is 4.39 Å². The summed E-state index contributed by atoms with van der Waals surface area (Å²) < 4.78 is 16.4. The molecule has 1 aliphatic heterocycles. The molecule has 0 bridgehead atoms. The molecule has 1 aromatic carbocycles. The summed E-state index contributed by atoms with van der Waals surface area (Å²) in [6.07, 6.45) is 1.67. The van der Waals surface area contributed by atoms with Crippen LogP contribution in [0.4, 0.5) is 4.39 Å². The molecule has 1 fully saturated rings. The monoisotopic (exact) mass is 261 g/mol. The molecule has 2 unspecified atom stereocenters. The van der Waals surface area contributed by atoms with Crippen molar-refractivity contribution >= 4 is 11.0 Å². The van der Waals surface area contributed by atoms with E-state index in [1.807, 2.05) is 35.9 Å². The van der Waals surface area contributed by atoms with Crippen molar-refractivity contribution in [2.24, 2.45) is 13.0 Å². The van der Waals surface area contributed by atoms with E-state index in [0.29, 0.717) is 6.42 Å². The molecule has 0 radical (unpaired) electrons. The van der Waals surface area contributed by atoms with Crippen LogP contribution in [-0.2, 0) is 13.5 Å². The van der Waals surface area contributed by atoms with E-state index in [1.165, 1.54) is 0 Å². The average Bonchev–Trinajstić information content (AvgIpc) is 2.77. The molecule has 1 saturated heterocycles. The maximum absolute atomic E-state index is 14.4. The zero-order valence-electron chi connectivity index (χ0n) is 11.3. The lowest BCUT2D eigenvalue weighted by Crippen LogP contribution is -2.36. The number of rotatable bonds is 3. The van der Waals surface area contributed by atoms with Crippen LogP contribution in [0.2, 0.25) is 0 Å². The highest BCUT2D eigenvalue weighted by molar-refractivity contribution is 5.75. The normalized spacial score (nSPS) is 21.7. The van der Waals surface area contributed by atoms with Crippen molar-refractivity contribution in [3.63, 3.8) is 0 Å². The van der Waals surface area contributed by atoms with Gasteiger partial charge in [0, 0.05) is 25.9 Å². The van der Waals surface area contributed by atoms with Crippen LogP contribution in [-0.4, -0.2) is 28.8 Å². The van der Waals surface area contributed by atoms with Gasteiger partial charge >= 0.3 is 0 Å². The van der Waals surface area contributed by atoms with Crippen LogP contribution in [0.15, 0.2) is 24.3 Å². The van der Waals surface area contributed by atoms with Crippen molar-refractivity contribution in [3.8, 4) is 0 Å². The summed E-state index contributed by atoms with van der Waals surface area (Å²) in [5, 5.41) is 3.28. The third-order valence-electron chi connectivity index (χ3n) is 4.10. The number of hydrogen-bond acceptors (Lipinski definition) is 2. The van der Waals surface area contributed by atoms with Gasteiger partial charge in [-0.15, -0.1) is 0 Å². The molecule has 3 rings (SSSR count). The number of aryl methyl sites for hydroxylation is 1. The minimum atomic E-state index is -0.802. The maximum atomic E-state index is 14.4. The Morgan fingerprint density at radius 3 is 3.05 bits per heavy atom. The predicted molar refractivity (Wildman–Crippen MR) is 74.9 cm³/mol. The van der Waals surface area contributed by atoms with Crippen molar-refractivity contribution in [2.75, 3.05) is 13.1 Å². The molecule has 19 heavy (non-hydrogen) atoms. The second-order valence-corrected chi connectivity index (χ2v) is 5.40. The summed E-state index contributed by atoms with van der Waals surface area (Å²) in [6, 6.07) is 7.97. The van der Waals surface area contributed by atoms with E-state index in [-0.39, 0.29) is 5.92 Å². The number of nitrogens with one attached hydrogen (secondary N) is 1. The summed E-state index contributed by atoms with van der Waals surface area (Å²) in [5.41, 5.74) is 2.03. The van der Waals surface area contributed by atoms with Crippen LogP contribution >= 0.6 is 0 Å². The second kappa shape index (κ2) is 5.29. The van der Waals surface area contributed by atoms with Crippen LogP contribution in [0.1, 0.15) is 18.7 Å². The van der Waals surface area contributed by atoms with Gasteiger partial charge in [0.25, 0.3) is 0 Å². The average molecular weight is 261 g/mol. The molecule has 1 N–H and O–H groups in total. The molecule has 2 heterocycles. The minimum Gasteiger partial charge on any atom is -0.331 e. The summed E-state index contributed by atoms with van der Waals surface area (Å²) >= 11 is 0. The number of halogens is 1. The zero-order valence-corrected chi connectivity index (χ0v) is 11.3. The lowest BCUT2D eigenvalue weighted by atomic mass is 9.93. The summed E-state index contributed by atoms with van der Waals surface area (Å²) in [7, 11) is 1.97.